The van der Waals surface area contributed by atoms with E-state index in [1.54, 1.807) is 0 Å². The molecular formula is C14H18N2O3. The van der Waals surface area contributed by atoms with Crippen LogP contribution in [0, 0.1) is 0 Å². The zero-order chi connectivity index (χ0) is 13.7. The van der Waals surface area contributed by atoms with Crippen LogP contribution in [0.2, 0.25) is 0 Å². The Balaban J connectivity index is 2.02. The van der Waals surface area contributed by atoms with E-state index in [2.05, 4.69) is 5.32 Å². The molecule has 1 aromatic rings. The van der Waals surface area contributed by atoms with Gasteiger partial charge in [-0.1, -0.05) is 43.7 Å². The smallest absolute Gasteiger partial charge is 0.326 e. The molecule has 2 rings (SSSR count). The van der Waals surface area contributed by atoms with Crippen LogP contribution in [-0.4, -0.2) is 29.7 Å². The standard InChI is InChI=1S/C14H18N2O3/c1-2-3-9-19-13-12(17)15-14(18)16(13)10-11-7-5-4-6-8-11/h4-8,13H,2-3,9-10H2,1H3,(H,15,17,18). The quantitative estimate of drug-likeness (QED) is 0.629. The van der Waals surface area contributed by atoms with Gasteiger partial charge in [-0.2, -0.15) is 0 Å². The van der Waals surface area contributed by atoms with Crippen LogP contribution in [0.25, 0.3) is 0 Å². The lowest BCUT2D eigenvalue weighted by molar-refractivity contribution is -0.136. The van der Waals surface area contributed by atoms with Crippen LogP contribution in [0.3, 0.4) is 0 Å². The monoisotopic (exact) mass is 262 g/mol. The first-order valence-corrected chi connectivity index (χ1v) is 6.49. The number of benzene rings is 1. The van der Waals surface area contributed by atoms with Gasteiger partial charge in [0, 0.05) is 6.61 Å². The largest absolute Gasteiger partial charge is 0.349 e. The molecule has 1 N–H and O–H groups in total. The molecule has 1 atom stereocenters. The van der Waals surface area contributed by atoms with E-state index < -0.39 is 12.3 Å². The number of hydrogen-bond donors (Lipinski definition) is 1. The highest BCUT2D eigenvalue weighted by molar-refractivity contribution is 6.03. The number of ether oxygens (including phenoxy) is 1. The minimum atomic E-state index is -0.806. The predicted octanol–water partition coefficient (Wildman–Crippen LogP) is 1.88. The van der Waals surface area contributed by atoms with E-state index in [1.807, 2.05) is 37.3 Å². The number of carbonyl (C=O) groups excluding carboxylic acids is 2. The lowest BCUT2D eigenvalue weighted by atomic mass is 10.2. The van der Waals surface area contributed by atoms with Crippen molar-refractivity contribution in [3.8, 4) is 0 Å². The predicted molar refractivity (Wildman–Crippen MR) is 70.2 cm³/mol. The SMILES string of the molecule is CCCCOC1C(=O)NC(=O)N1Cc1ccccc1. The van der Waals surface area contributed by atoms with Crippen LogP contribution in [0.4, 0.5) is 4.79 Å². The highest BCUT2D eigenvalue weighted by atomic mass is 16.5. The molecule has 19 heavy (non-hydrogen) atoms. The highest BCUT2D eigenvalue weighted by Crippen LogP contribution is 2.15. The minimum absolute atomic E-state index is 0.370. The Morgan fingerprint density at radius 1 is 1.26 bits per heavy atom. The summed E-state index contributed by atoms with van der Waals surface area (Å²) in [5, 5.41) is 2.29. The van der Waals surface area contributed by atoms with Crippen molar-refractivity contribution >= 4 is 11.9 Å². The summed E-state index contributed by atoms with van der Waals surface area (Å²) in [6.07, 6.45) is 1.05. The average molecular weight is 262 g/mol. The number of amides is 3. The summed E-state index contributed by atoms with van der Waals surface area (Å²) in [6.45, 7) is 2.90. The van der Waals surface area contributed by atoms with Gasteiger partial charge in [0.2, 0.25) is 6.23 Å². The van der Waals surface area contributed by atoms with Gasteiger partial charge in [-0.25, -0.2) is 4.79 Å². The van der Waals surface area contributed by atoms with E-state index in [-0.39, 0.29) is 5.91 Å². The zero-order valence-corrected chi connectivity index (χ0v) is 11.0. The number of urea groups is 1. The third-order valence-corrected chi connectivity index (χ3v) is 2.97. The second-order valence-corrected chi connectivity index (χ2v) is 4.48. The number of imide groups is 1. The Morgan fingerprint density at radius 2 is 2.00 bits per heavy atom. The van der Waals surface area contributed by atoms with Crippen LogP contribution in [0.15, 0.2) is 30.3 Å². The van der Waals surface area contributed by atoms with Gasteiger partial charge < -0.3 is 4.74 Å². The summed E-state index contributed by atoms with van der Waals surface area (Å²) >= 11 is 0. The Bertz CT molecular complexity index is 447. The number of rotatable bonds is 6. The Labute approximate surface area is 112 Å². The third-order valence-electron chi connectivity index (χ3n) is 2.97. The van der Waals surface area contributed by atoms with Crippen molar-refractivity contribution in [1.29, 1.82) is 0 Å². The lowest BCUT2D eigenvalue weighted by Crippen LogP contribution is -2.37. The summed E-state index contributed by atoms with van der Waals surface area (Å²) in [6, 6.07) is 9.15. The first kappa shape index (κ1) is 13.5. The first-order chi connectivity index (χ1) is 9.22. The van der Waals surface area contributed by atoms with E-state index >= 15 is 0 Å². The zero-order valence-electron chi connectivity index (χ0n) is 11.0. The average Bonchev–Trinajstić information content (AvgIpc) is 2.67. The molecule has 1 aliphatic rings. The fourth-order valence-corrected chi connectivity index (χ4v) is 1.93. The van der Waals surface area contributed by atoms with Crippen molar-refractivity contribution in [1.82, 2.24) is 10.2 Å². The van der Waals surface area contributed by atoms with E-state index in [0.29, 0.717) is 13.2 Å². The van der Waals surface area contributed by atoms with Crippen LogP contribution in [0.1, 0.15) is 25.3 Å². The lowest BCUT2D eigenvalue weighted by Gasteiger charge is -2.21. The molecule has 1 aliphatic heterocycles. The molecule has 5 heteroatoms. The summed E-state index contributed by atoms with van der Waals surface area (Å²) in [5.41, 5.74) is 0.969. The van der Waals surface area contributed by atoms with Gasteiger partial charge >= 0.3 is 6.03 Å². The Morgan fingerprint density at radius 3 is 2.68 bits per heavy atom. The maximum absolute atomic E-state index is 11.7. The number of nitrogens with one attached hydrogen (secondary N) is 1. The van der Waals surface area contributed by atoms with Gasteiger partial charge in [0.05, 0.1) is 6.54 Å². The van der Waals surface area contributed by atoms with Gasteiger partial charge in [0.1, 0.15) is 0 Å². The van der Waals surface area contributed by atoms with Crippen molar-refractivity contribution in [2.45, 2.75) is 32.5 Å². The normalized spacial score (nSPS) is 18.8. The van der Waals surface area contributed by atoms with Gasteiger partial charge in [0.25, 0.3) is 5.91 Å². The van der Waals surface area contributed by atoms with Gasteiger partial charge in [-0.15, -0.1) is 0 Å². The molecule has 0 aliphatic carbocycles. The molecule has 1 saturated heterocycles. The maximum Gasteiger partial charge on any atom is 0.326 e. The van der Waals surface area contributed by atoms with E-state index in [1.165, 1.54) is 4.90 Å². The van der Waals surface area contributed by atoms with Gasteiger partial charge in [-0.05, 0) is 12.0 Å². The van der Waals surface area contributed by atoms with Crippen LogP contribution in [0.5, 0.6) is 0 Å². The summed E-state index contributed by atoms with van der Waals surface area (Å²) < 4.78 is 5.50. The summed E-state index contributed by atoms with van der Waals surface area (Å²) in [5.74, 6) is -0.378. The number of carbonyl (C=O) groups is 2. The third kappa shape index (κ3) is 3.32. The van der Waals surface area contributed by atoms with Gasteiger partial charge in [-0.3, -0.25) is 15.0 Å². The van der Waals surface area contributed by atoms with E-state index in [4.69, 9.17) is 4.74 Å². The summed E-state index contributed by atoms with van der Waals surface area (Å²) in [4.78, 5) is 24.9. The molecule has 3 amide bonds. The number of nitrogens with zero attached hydrogens (tertiary/aromatic N) is 1. The second-order valence-electron chi connectivity index (χ2n) is 4.48. The molecule has 1 unspecified atom stereocenters. The van der Waals surface area contributed by atoms with Crippen LogP contribution >= 0.6 is 0 Å². The Hall–Kier alpha value is -1.88. The molecular weight excluding hydrogens is 244 g/mol. The van der Waals surface area contributed by atoms with Crippen molar-refractivity contribution in [3.63, 3.8) is 0 Å². The fraction of sp³-hybridized carbons (Fsp3) is 0.429. The summed E-state index contributed by atoms with van der Waals surface area (Å²) in [7, 11) is 0. The molecule has 0 bridgehead atoms. The van der Waals surface area contributed by atoms with Crippen molar-refractivity contribution in [2.24, 2.45) is 0 Å². The molecule has 1 fully saturated rings. The molecule has 1 aromatic carbocycles. The fourth-order valence-electron chi connectivity index (χ4n) is 1.93. The highest BCUT2D eigenvalue weighted by Gasteiger charge is 2.38. The second kappa shape index (κ2) is 6.33. The molecule has 5 nitrogen and oxygen atoms in total. The maximum atomic E-state index is 11.7. The molecule has 0 radical (unpaired) electrons. The number of hydrogen-bond acceptors (Lipinski definition) is 3. The molecule has 0 spiro atoms. The van der Waals surface area contributed by atoms with E-state index in [0.717, 1.165) is 18.4 Å². The van der Waals surface area contributed by atoms with Crippen molar-refractivity contribution < 1.29 is 14.3 Å². The minimum Gasteiger partial charge on any atom is -0.349 e. The molecule has 1 heterocycles. The number of unbranched alkanes of at least 4 members (excludes halogenated alkanes) is 1. The van der Waals surface area contributed by atoms with Crippen molar-refractivity contribution in [2.75, 3.05) is 6.61 Å². The topological polar surface area (TPSA) is 58.6 Å². The molecule has 102 valence electrons. The van der Waals surface area contributed by atoms with Crippen LogP contribution < -0.4 is 5.32 Å². The van der Waals surface area contributed by atoms with E-state index in [9.17, 15) is 9.59 Å². The van der Waals surface area contributed by atoms with Crippen LogP contribution in [-0.2, 0) is 16.1 Å². The van der Waals surface area contributed by atoms with Crippen molar-refractivity contribution in [3.05, 3.63) is 35.9 Å². The Kier molecular flexibility index (Phi) is 4.52. The molecule has 0 saturated carbocycles. The first-order valence-electron chi connectivity index (χ1n) is 6.49. The molecule has 0 aromatic heterocycles. The van der Waals surface area contributed by atoms with Gasteiger partial charge in [0.15, 0.2) is 0 Å².